The molecule has 0 aliphatic carbocycles. The Bertz CT molecular complexity index is 1020. The summed E-state index contributed by atoms with van der Waals surface area (Å²) in [6.45, 7) is 2.47. The molecule has 8 heteroatoms. The van der Waals surface area contributed by atoms with Crippen LogP contribution in [-0.4, -0.2) is 35.3 Å². The van der Waals surface area contributed by atoms with E-state index in [2.05, 4.69) is 15.3 Å². The second kappa shape index (κ2) is 10.4. The quantitative estimate of drug-likeness (QED) is 0.500. The largest absolute Gasteiger partial charge is 0.481 e. The minimum absolute atomic E-state index is 0.104. The molecule has 0 spiro atoms. The standard InChI is InChI=1S/C23H25N3O5/c1-4-18(16-10-6-7-11-17(16)22(27)28)24-14-15-9-5-8-12-19(15)31-23-25-20(29-2)13-21(26-23)30-3/h5-13,18,24H,4,14H2,1-3H3,(H,27,28). The highest BCUT2D eigenvalue weighted by atomic mass is 16.5. The van der Waals surface area contributed by atoms with E-state index in [0.717, 1.165) is 17.5 Å². The number of para-hydroxylation sites is 1. The van der Waals surface area contributed by atoms with Gasteiger partial charge in [0.2, 0.25) is 11.8 Å². The lowest BCUT2D eigenvalue weighted by atomic mass is 9.98. The first-order valence-corrected chi connectivity index (χ1v) is 9.84. The van der Waals surface area contributed by atoms with Crippen molar-refractivity contribution in [2.75, 3.05) is 14.2 Å². The van der Waals surface area contributed by atoms with Gasteiger partial charge in [-0.05, 0) is 24.1 Å². The van der Waals surface area contributed by atoms with Crippen molar-refractivity contribution < 1.29 is 24.1 Å². The normalized spacial score (nSPS) is 11.6. The molecule has 1 unspecified atom stereocenters. The Labute approximate surface area is 180 Å². The first-order chi connectivity index (χ1) is 15.0. The zero-order valence-electron chi connectivity index (χ0n) is 17.7. The smallest absolute Gasteiger partial charge is 0.336 e. The lowest BCUT2D eigenvalue weighted by Gasteiger charge is -2.20. The van der Waals surface area contributed by atoms with Gasteiger partial charge in [-0.15, -0.1) is 0 Å². The van der Waals surface area contributed by atoms with Crippen molar-refractivity contribution in [2.24, 2.45) is 0 Å². The van der Waals surface area contributed by atoms with Gasteiger partial charge in [-0.25, -0.2) is 4.79 Å². The van der Waals surface area contributed by atoms with Gasteiger partial charge >= 0.3 is 12.0 Å². The molecule has 0 amide bonds. The number of aromatic carboxylic acids is 1. The van der Waals surface area contributed by atoms with Gasteiger partial charge in [0, 0.05) is 18.2 Å². The Balaban J connectivity index is 1.81. The fourth-order valence-corrected chi connectivity index (χ4v) is 3.19. The third-order valence-electron chi connectivity index (χ3n) is 4.76. The molecule has 0 aliphatic rings. The highest BCUT2D eigenvalue weighted by Crippen LogP contribution is 2.28. The summed E-state index contributed by atoms with van der Waals surface area (Å²) in [6.07, 6.45) is 0.726. The number of benzene rings is 2. The molecule has 3 aromatic rings. The highest BCUT2D eigenvalue weighted by Gasteiger charge is 2.18. The van der Waals surface area contributed by atoms with Crippen LogP contribution in [0.15, 0.2) is 54.6 Å². The molecule has 1 heterocycles. The van der Waals surface area contributed by atoms with Gasteiger partial charge in [-0.1, -0.05) is 43.3 Å². The van der Waals surface area contributed by atoms with Crippen LogP contribution in [-0.2, 0) is 6.54 Å². The van der Waals surface area contributed by atoms with Gasteiger partial charge < -0.3 is 24.6 Å². The number of ether oxygens (including phenoxy) is 3. The first-order valence-electron chi connectivity index (χ1n) is 9.84. The van der Waals surface area contributed by atoms with E-state index in [1.165, 1.54) is 14.2 Å². The number of carboxylic acid groups (broad SMARTS) is 1. The van der Waals surface area contributed by atoms with E-state index in [9.17, 15) is 9.90 Å². The number of methoxy groups -OCH3 is 2. The molecular formula is C23H25N3O5. The number of rotatable bonds is 10. The molecule has 0 saturated carbocycles. The number of carboxylic acids is 1. The van der Waals surface area contributed by atoms with E-state index in [1.54, 1.807) is 18.2 Å². The van der Waals surface area contributed by atoms with E-state index in [1.807, 2.05) is 43.3 Å². The van der Waals surface area contributed by atoms with Crippen molar-refractivity contribution in [1.82, 2.24) is 15.3 Å². The number of hydrogen-bond donors (Lipinski definition) is 2. The van der Waals surface area contributed by atoms with E-state index < -0.39 is 5.97 Å². The molecule has 2 N–H and O–H groups in total. The minimum Gasteiger partial charge on any atom is -0.481 e. The average Bonchev–Trinajstić information content (AvgIpc) is 2.80. The van der Waals surface area contributed by atoms with Crippen LogP contribution in [0.5, 0.6) is 23.5 Å². The summed E-state index contributed by atoms with van der Waals surface area (Å²) in [5, 5.41) is 12.9. The van der Waals surface area contributed by atoms with Crippen molar-refractivity contribution in [3.8, 4) is 23.5 Å². The summed E-state index contributed by atoms with van der Waals surface area (Å²) in [7, 11) is 3.01. The highest BCUT2D eigenvalue weighted by molar-refractivity contribution is 5.89. The number of nitrogens with zero attached hydrogens (tertiary/aromatic N) is 2. The molecule has 1 atom stereocenters. The van der Waals surface area contributed by atoms with Crippen molar-refractivity contribution in [2.45, 2.75) is 25.9 Å². The van der Waals surface area contributed by atoms with Crippen molar-refractivity contribution in [3.63, 3.8) is 0 Å². The van der Waals surface area contributed by atoms with Crippen molar-refractivity contribution in [3.05, 3.63) is 71.3 Å². The fourth-order valence-electron chi connectivity index (χ4n) is 3.19. The Hall–Kier alpha value is -3.65. The molecule has 0 bridgehead atoms. The zero-order chi connectivity index (χ0) is 22.2. The summed E-state index contributed by atoms with van der Waals surface area (Å²) in [5.41, 5.74) is 1.92. The molecule has 0 fully saturated rings. The Morgan fingerprint density at radius 2 is 1.68 bits per heavy atom. The lowest BCUT2D eigenvalue weighted by molar-refractivity contribution is 0.0694. The van der Waals surface area contributed by atoms with Gasteiger partial charge in [-0.3, -0.25) is 0 Å². The van der Waals surface area contributed by atoms with E-state index >= 15 is 0 Å². The third-order valence-corrected chi connectivity index (χ3v) is 4.76. The molecule has 0 aliphatic heterocycles. The van der Waals surface area contributed by atoms with Crippen LogP contribution in [0.4, 0.5) is 0 Å². The molecule has 2 aromatic carbocycles. The Morgan fingerprint density at radius 1 is 1.03 bits per heavy atom. The predicted molar refractivity (Wildman–Crippen MR) is 115 cm³/mol. The maximum Gasteiger partial charge on any atom is 0.336 e. The maximum atomic E-state index is 11.6. The number of carbonyl (C=O) groups is 1. The molecule has 31 heavy (non-hydrogen) atoms. The lowest BCUT2D eigenvalue weighted by Crippen LogP contribution is -2.22. The molecular weight excluding hydrogens is 398 g/mol. The summed E-state index contributed by atoms with van der Waals surface area (Å²) < 4.78 is 16.2. The van der Waals surface area contributed by atoms with Crippen LogP contribution < -0.4 is 19.5 Å². The second-order valence-electron chi connectivity index (χ2n) is 6.68. The van der Waals surface area contributed by atoms with E-state index in [0.29, 0.717) is 29.6 Å². The number of hydrogen-bond acceptors (Lipinski definition) is 7. The molecule has 0 saturated heterocycles. The number of nitrogens with one attached hydrogen (secondary N) is 1. The Morgan fingerprint density at radius 3 is 2.32 bits per heavy atom. The third kappa shape index (κ3) is 5.49. The maximum absolute atomic E-state index is 11.6. The van der Waals surface area contributed by atoms with Crippen LogP contribution >= 0.6 is 0 Å². The van der Waals surface area contributed by atoms with Crippen LogP contribution in [0.2, 0.25) is 0 Å². The molecule has 8 nitrogen and oxygen atoms in total. The minimum atomic E-state index is -0.941. The fraction of sp³-hybridized carbons (Fsp3) is 0.261. The van der Waals surface area contributed by atoms with Gasteiger partial charge in [-0.2, -0.15) is 9.97 Å². The molecule has 0 radical (unpaired) electrons. The van der Waals surface area contributed by atoms with Crippen molar-refractivity contribution in [1.29, 1.82) is 0 Å². The van der Waals surface area contributed by atoms with Gasteiger partial charge in [0.05, 0.1) is 25.8 Å². The van der Waals surface area contributed by atoms with Crippen LogP contribution in [0, 0.1) is 0 Å². The summed E-state index contributed by atoms with van der Waals surface area (Å²) in [4.78, 5) is 20.0. The van der Waals surface area contributed by atoms with Crippen LogP contribution in [0.1, 0.15) is 40.9 Å². The summed E-state index contributed by atoms with van der Waals surface area (Å²) >= 11 is 0. The van der Waals surface area contributed by atoms with Gasteiger partial charge in [0.1, 0.15) is 5.75 Å². The van der Waals surface area contributed by atoms with Gasteiger partial charge in [0.25, 0.3) is 0 Å². The Kier molecular flexibility index (Phi) is 7.40. The van der Waals surface area contributed by atoms with Crippen LogP contribution in [0.25, 0.3) is 0 Å². The molecule has 1 aromatic heterocycles. The summed E-state index contributed by atoms with van der Waals surface area (Å²) in [6, 6.07) is 16.1. The molecule has 162 valence electrons. The van der Waals surface area contributed by atoms with E-state index in [-0.39, 0.29) is 12.1 Å². The van der Waals surface area contributed by atoms with E-state index in [4.69, 9.17) is 14.2 Å². The zero-order valence-corrected chi connectivity index (χ0v) is 17.7. The monoisotopic (exact) mass is 423 g/mol. The predicted octanol–water partition coefficient (Wildman–Crippen LogP) is 4.23. The first kappa shape index (κ1) is 22.0. The second-order valence-corrected chi connectivity index (χ2v) is 6.68. The average molecular weight is 423 g/mol. The van der Waals surface area contributed by atoms with Crippen LogP contribution in [0.3, 0.4) is 0 Å². The number of aromatic nitrogens is 2. The molecule has 3 rings (SSSR count). The van der Waals surface area contributed by atoms with Gasteiger partial charge in [0.15, 0.2) is 0 Å². The van der Waals surface area contributed by atoms with Crippen molar-refractivity contribution >= 4 is 5.97 Å². The topological polar surface area (TPSA) is 103 Å². The summed E-state index contributed by atoms with van der Waals surface area (Å²) in [5.74, 6) is 0.290. The SMILES string of the molecule is CCC(NCc1ccccc1Oc1nc(OC)cc(OC)n1)c1ccccc1C(=O)O.